The molecule has 0 spiro atoms. The summed E-state index contributed by atoms with van der Waals surface area (Å²) in [5.41, 5.74) is 4.51. The lowest BCUT2D eigenvalue weighted by molar-refractivity contribution is 0.00780. The maximum absolute atomic E-state index is 9.93. The second-order valence-electron chi connectivity index (χ2n) is 5.78. The quantitative estimate of drug-likeness (QED) is 0.722. The molecule has 106 valence electrons. The SMILES string of the molecule is CC(O)(CN)Cc1nc(C2CN3CCN2CC3)no1. The topological polar surface area (TPSA) is 91.7 Å². The van der Waals surface area contributed by atoms with Crippen LogP contribution in [0.15, 0.2) is 4.52 Å². The average Bonchev–Trinajstić information content (AvgIpc) is 2.88. The molecule has 2 unspecified atom stereocenters. The molecule has 19 heavy (non-hydrogen) atoms. The highest BCUT2D eigenvalue weighted by atomic mass is 16.5. The van der Waals surface area contributed by atoms with Gasteiger partial charge in [0.2, 0.25) is 5.89 Å². The largest absolute Gasteiger partial charge is 0.388 e. The van der Waals surface area contributed by atoms with Gasteiger partial charge in [-0.05, 0) is 6.92 Å². The van der Waals surface area contributed by atoms with Gasteiger partial charge in [0.15, 0.2) is 5.82 Å². The summed E-state index contributed by atoms with van der Waals surface area (Å²) in [5, 5.41) is 14.0. The smallest absolute Gasteiger partial charge is 0.229 e. The maximum atomic E-state index is 9.93. The minimum Gasteiger partial charge on any atom is -0.388 e. The Bertz CT molecular complexity index is 439. The molecule has 7 nitrogen and oxygen atoms in total. The summed E-state index contributed by atoms with van der Waals surface area (Å²) in [6, 6.07) is 0.225. The first-order chi connectivity index (χ1) is 9.07. The van der Waals surface area contributed by atoms with E-state index in [0.717, 1.165) is 38.5 Å². The Hall–Kier alpha value is -1.02. The molecule has 1 aromatic heterocycles. The molecule has 0 radical (unpaired) electrons. The molecule has 3 aliphatic rings. The third-order valence-electron chi connectivity index (χ3n) is 4.03. The summed E-state index contributed by atoms with van der Waals surface area (Å²) in [6.07, 6.45) is 0.299. The Morgan fingerprint density at radius 2 is 2.16 bits per heavy atom. The fourth-order valence-corrected chi connectivity index (χ4v) is 2.74. The molecule has 0 aromatic carbocycles. The zero-order valence-corrected chi connectivity index (χ0v) is 11.2. The predicted molar refractivity (Wildman–Crippen MR) is 68.4 cm³/mol. The molecule has 4 rings (SSSR count). The van der Waals surface area contributed by atoms with Crippen molar-refractivity contribution in [2.75, 3.05) is 39.3 Å². The zero-order chi connectivity index (χ0) is 13.5. The number of piperazine rings is 3. The lowest BCUT2D eigenvalue weighted by Crippen LogP contribution is -2.57. The van der Waals surface area contributed by atoms with Crippen molar-refractivity contribution >= 4 is 0 Å². The molecular formula is C12H21N5O2. The fraction of sp³-hybridized carbons (Fsp3) is 0.833. The van der Waals surface area contributed by atoms with Gasteiger partial charge in [-0.25, -0.2) is 0 Å². The van der Waals surface area contributed by atoms with Crippen LogP contribution in [0.4, 0.5) is 0 Å². The van der Waals surface area contributed by atoms with Crippen molar-refractivity contribution in [3.05, 3.63) is 11.7 Å². The summed E-state index contributed by atoms with van der Waals surface area (Å²) >= 11 is 0. The molecular weight excluding hydrogens is 246 g/mol. The molecule has 2 bridgehead atoms. The summed E-state index contributed by atoms with van der Waals surface area (Å²) in [7, 11) is 0. The van der Waals surface area contributed by atoms with Crippen molar-refractivity contribution < 1.29 is 9.63 Å². The first kappa shape index (κ1) is 13.0. The Morgan fingerprint density at radius 1 is 1.42 bits per heavy atom. The van der Waals surface area contributed by atoms with Crippen molar-refractivity contribution in [3.63, 3.8) is 0 Å². The molecule has 3 saturated heterocycles. The van der Waals surface area contributed by atoms with E-state index in [9.17, 15) is 5.11 Å². The Labute approximate surface area is 112 Å². The van der Waals surface area contributed by atoms with Gasteiger partial charge < -0.3 is 15.4 Å². The number of aliphatic hydroxyl groups is 1. The number of nitrogens with zero attached hydrogens (tertiary/aromatic N) is 4. The summed E-state index contributed by atoms with van der Waals surface area (Å²) in [4.78, 5) is 9.25. The van der Waals surface area contributed by atoms with E-state index < -0.39 is 5.60 Å². The summed E-state index contributed by atoms with van der Waals surface area (Å²) in [5.74, 6) is 1.19. The van der Waals surface area contributed by atoms with Crippen molar-refractivity contribution in [2.45, 2.75) is 25.0 Å². The second-order valence-corrected chi connectivity index (χ2v) is 5.78. The van der Waals surface area contributed by atoms with E-state index >= 15 is 0 Å². The second kappa shape index (κ2) is 4.82. The monoisotopic (exact) mass is 267 g/mol. The minimum absolute atomic E-state index is 0.175. The molecule has 3 aliphatic heterocycles. The van der Waals surface area contributed by atoms with E-state index in [0.29, 0.717) is 12.3 Å². The van der Waals surface area contributed by atoms with Crippen LogP contribution >= 0.6 is 0 Å². The number of fused-ring (bicyclic) bond motifs is 3. The van der Waals surface area contributed by atoms with Crippen LogP contribution in [0.2, 0.25) is 0 Å². The summed E-state index contributed by atoms with van der Waals surface area (Å²) < 4.78 is 5.24. The predicted octanol–water partition coefficient (Wildman–Crippen LogP) is -1.01. The van der Waals surface area contributed by atoms with Crippen LogP contribution in [0.5, 0.6) is 0 Å². The van der Waals surface area contributed by atoms with Crippen LogP contribution in [-0.2, 0) is 6.42 Å². The van der Waals surface area contributed by atoms with Crippen LogP contribution in [0, 0.1) is 0 Å². The van der Waals surface area contributed by atoms with Crippen molar-refractivity contribution in [1.82, 2.24) is 19.9 Å². The third-order valence-corrected chi connectivity index (χ3v) is 4.03. The fourth-order valence-electron chi connectivity index (χ4n) is 2.74. The molecule has 7 heteroatoms. The Morgan fingerprint density at radius 3 is 2.74 bits per heavy atom. The Kier molecular flexibility index (Phi) is 3.30. The van der Waals surface area contributed by atoms with Gasteiger partial charge in [0.05, 0.1) is 18.1 Å². The molecule has 3 fully saturated rings. The van der Waals surface area contributed by atoms with Crippen LogP contribution in [0.3, 0.4) is 0 Å². The molecule has 0 saturated carbocycles. The van der Waals surface area contributed by atoms with Gasteiger partial charge in [-0.1, -0.05) is 5.16 Å². The molecule has 0 aliphatic carbocycles. The van der Waals surface area contributed by atoms with E-state index in [4.69, 9.17) is 10.3 Å². The van der Waals surface area contributed by atoms with E-state index in [1.807, 2.05) is 0 Å². The first-order valence-electron chi connectivity index (χ1n) is 6.79. The van der Waals surface area contributed by atoms with Gasteiger partial charge >= 0.3 is 0 Å². The first-order valence-corrected chi connectivity index (χ1v) is 6.79. The molecule has 3 N–H and O–H groups in total. The van der Waals surface area contributed by atoms with E-state index in [1.54, 1.807) is 6.92 Å². The van der Waals surface area contributed by atoms with E-state index in [1.165, 1.54) is 0 Å². The van der Waals surface area contributed by atoms with Crippen LogP contribution in [0.1, 0.15) is 24.7 Å². The molecule has 1 aromatic rings. The highest BCUT2D eigenvalue weighted by Crippen LogP contribution is 2.27. The maximum Gasteiger partial charge on any atom is 0.229 e. The van der Waals surface area contributed by atoms with E-state index in [2.05, 4.69) is 19.9 Å². The lowest BCUT2D eigenvalue weighted by atomic mass is 10.0. The Balaban J connectivity index is 1.71. The van der Waals surface area contributed by atoms with E-state index in [-0.39, 0.29) is 12.6 Å². The number of nitrogens with two attached hydrogens (primary N) is 1. The number of aromatic nitrogens is 2. The average molecular weight is 267 g/mol. The highest BCUT2D eigenvalue weighted by molar-refractivity contribution is 5.02. The van der Waals surface area contributed by atoms with Gasteiger partial charge in [-0.2, -0.15) is 4.98 Å². The van der Waals surface area contributed by atoms with Gasteiger partial charge in [0, 0.05) is 39.3 Å². The molecule has 2 atom stereocenters. The minimum atomic E-state index is -0.987. The molecule has 4 heterocycles. The number of rotatable bonds is 4. The van der Waals surface area contributed by atoms with Crippen LogP contribution in [0.25, 0.3) is 0 Å². The number of hydrogen-bond acceptors (Lipinski definition) is 7. The van der Waals surface area contributed by atoms with Crippen molar-refractivity contribution in [1.29, 1.82) is 0 Å². The van der Waals surface area contributed by atoms with Crippen molar-refractivity contribution in [3.8, 4) is 0 Å². The van der Waals surface area contributed by atoms with Crippen LogP contribution in [-0.4, -0.2) is 69.9 Å². The molecule has 0 amide bonds. The summed E-state index contributed by atoms with van der Waals surface area (Å²) in [6.45, 7) is 7.20. The van der Waals surface area contributed by atoms with Gasteiger partial charge in [-0.15, -0.1) is 0 Å². The number of hydrogen-bond donors (Lipinski definition) is 2. The lowest BCUT2D eigenvalue weighted by Gasteiger charge is -2.46. The standard InChI is InChI=1S/C12H21N5O2/c1-12(18,8-13)6-10-14-11(15-19-10)9-7-16-2-4-17(9)5-3-16/h9,18H,2-8,13H2,1H3. The normalized spacial score (nSPS) is 33.3. The third kappa shape index (κ3) is 2.64. The van der Waals surface area contributed by atoms with Gasteiger partial charge in [0.1, 0.15) is 0 Å². The zero-order valence-electron chi connectivity index (χ0n) is 11.2. The van der Waals surface area contributed by atoms with Crippen molar-refractivity contribution in [2.24, 2.45) is 5.73 Å². The van der Waals surface area contributed by atoms with Gasteiger partial charge in [-0.3, -0.25) is 9.80 Å². The highest BCUT2D eigenvalue weighted by Gasteiger charge is 2.36. The van der Waals surface area contributed by atoms with Crippen LogP contribution < -0.4 is 5.73 Å². The van der Waals surface area contributed by atoms with Gasteiger partial charge in [0.25, 0.3) is 0 Å².